The van der Waals surface area contributed by atoms with Crippen LogP contribution < -0.4 is 16.1 Å². The zero-order chi connectivity index (χ0) is 18.8. The number of rotatable bonds is 3. The standard InChI is InChI=1S/C16H22N6O4/c1-5-16-7-22(14-17-9(3)20(4)19-14)10(11(16)23)13(26-16)21-6-8(2)12(24)18-15(21)25/h6,10-11,13,23H,5,7H2,1-4H3,(H,18,24,25)/t10-,11+,13?,16+/m1/s1. The Kier molecular flexibility index (Phi) is 3.60. The van der Waals surface area contributed by atoms with E-state index >= 15 is 0 Å². The normalized spacial score (nSPS) is 30.3. The van der Waals surface area contributed by atoms with Crippen molar-refractivity contribution in [1.82, 2.24) is 24.3 Å². The fraction of sp³-hybridized carbons (Fsp3) is 0.625. The molecule has 2 N–H and O–H groups in total. The Bertz CT molecular complexity index is 958. The number of aliphatic hydroxyl groups excluding tert-OH is 1. The van der Waals surface area contributed by atoms with E-state index < -0.39 is 35.2 Å². The topological polar surface area (TPSA) is 118 Å². The first kappa shape index (κ1) is 17.0. The van der Waals surface area contributed by atoms with Crippen LogP contribution in [0, 0.1) is 13.8 Å². The van der Waals surface area contributed by atoms with Crippen molar-refractivity contribution in [2.24, 2.45) is 7.05 Å². The van der Waals surface area contributed by atoms with E-state index in [1.165, 1.54) is 10.8 Å². The number of nitrogens with zero attached hydrogens (tertiary/aromatic N) is 5. The maximum Gasteiger partial charge on any atom is 0.330 e. The summed E-state index contributed by atoms with van der Waals surface area (Å²) in [5.74, 6) is 1.24. The number of aromatic amines is 1. The van der Waals surface area contributed by atoms with Gasteiger partial charge in [-0.25, -0.2) is 4.79 Å². The first-order chi connectivity index (χ1) is 12.3. The zero-order valence-electron chi connectivity index (χ0n) is 15.1. The second-order valence-corrected chi connectivity index (χ2v) is 7.05. The summed E-state index contributed by atoms with van der Waals surface area (Å²) in [7, 11) is 1.80. The Balaban J connectivity index is 1.82. The van der Waals surface area contributed by atoms with E-state index in [-0.39, 0.29) is 0 Å². The van der Waals surface area contributed by atoms with E-state index in [0.29, 0.717) is 24.5 Å². The average Bonchev–Trinajstić information content (AvgIpc) is 3.19. The van der Waals surface area contributed by atoms with Crippen LogP contribution in [-0.4, -0.2) is 53.7 Å². The van der Waals surface area contributed by atoms with Crippen molar-refractivity contribution in [1.29, 1.82) is 0 Å². The molecule has 0 aliphatic carbocycles. The number of ether oxygens (including phenoxy) is 1. The van der Waals surface area contributed by atoms with Gasteiger partial charge in [-0.3, -0.25) is 19.0 Å². The minimum Gasteiger partial charge on any atom is -0.388 e. The van der Waals surface area contributed by atoms with Crippen LogP contribution in [0.15, 0.2) is 15.8 Å². The van der Waals surface area contributed by atoms with Gasteiger partial charge in [0.05, 0.1) is 6.54 Å². The molecule has 4 atom stereocenters. The third-order valence-corrected chi connectivity index (χ3v) is 5.55. The predicted molar refractivity (Wildman–Crippen MR) is 92.1 cm³/mol. The predicted octanol–water partition coefficient (Wildman–Crippen LogP) is -0.791. The maximum atomic E-state index is 12.3. The van der Waals surface area contributed by atoms with E-state index in [2.05, 4.69) is 15.1 Å². The third kappa shape index (κ3) is 2.18. The van der Waals surface area contributed by atoms with E-state index in [4.69, 9.17) is 4.74 Å². The third-order valence-electron chi connectivity index (χ3n) is 5.55. The van der Waals surface area contributed by atoms with Gasteiger partial charge in [-0.15, -0.1) is 5.10 Å². The second-order valence-electron chi connectivity index (χ2n) is 7.05. The highest BCUT2D eigenvalue weighted by Gasteiger charge is 2.64. The van der Waals surface area contributed by atoms with Gasteiger partial charge in [0.15, 0.2) is 6.23 Å². The molecule has 4 heterocycles. The summed E-state index contributed by atoms with van der Waals surface area (Å²) in [4.78, 5) is 32.7. The van der Waals surface area contributed by atoms with Crippen molar-refractivity contribution in [3.05, 3.63) is 38.4 Å². The van der Waals surface area contributed by atoms with E-state index in [1.54, 1.807) is 18.7 Å². The van der Waals surface area contributed by atoms with Gasteiger partial charge in [0.1, 0.15) is 23.6 Å². The monoisotopic (exact) mass is 362 g/mol. The Morgan fingerprint density at radius 3 is 2.73 bits per heavy atom. The minimum absolute atomic E-state index is 0.398. The molecule has 140 valence electrons. The number of aryl methyl sites for hydroxylation is 3. The first-order valence-corrected chi connectivity index (χ1v) is 8.59. The van der Waals surface area contributed by atoms with Gasteiger partial charge in [-0.05, 0) is 20.3 Å². The Labute approximate surface area is 149 Å². The van der Waals surface area contributed by atoms with Crippen LogP contribution in [0.4, 0.5) is 5.95 Å². The summed E-state index contributed by atoms with van der Waals surface area (Å²) < 4.78 is 9.15. The fourth-order valence-corrected chi connectivity index (χ4v) is 3.87. The zero-order valence-corrected chi connectivity index (χ0v) is 15.1. The highest BCUT2D eigenvalue weighted by molar-refractivity contribution is 5.40. The number of aliphatic hydroxyl groups is 1. The smallest absolute Gasteiger partial charge is 0.330 e. The highest BCUT2D eigenvalue weighted by atomic mass is 16.6. The molecule has 2 fully saturated rings. The lowest BCUT2D eigenvalue weighted by Gasteiger charge is -2.36. The van der Waals surface area contributed by atoms with Crippen LogP contribution in [0.5, 0.6) is 0 Å². The lowest BCUT2D eigenvalue weighted by atomic mass is 9.96. The lowest BCUT2D eigenvalue weighted by molar-refractivity contribution is -0.107. The van der Waals surface area contributed by atoms with E-state index in [1.807, 2.05) is 18.7 Å². The Morgan fingerprint density at radius 2 is 2.15 bits per heavy atom. The molecule has 0 aromatic carbocycles. The Morgan fingerprint density at radius 1 is 1.42 bits per heavy atom. The molecule has 2 bridgehead atoms. The number of hydrogen-bond donors (Lipinski definition) is 2. The number of H-pyrrole nitrogens is 1. The van der Waals surface area contributed by atoms with Gasteiger partial charge in [-0.2, -0.15) is 4.98 Å². The molecule has 0 radical (unpaired) electrons. The van der Waals surface area contributed by atoms with Gasteiger partial charge in [0, 0.05) is 18.8 Å². The molecule has 2 aliphatic rings. The van der Waals surface area contributed by atoms with Gasteiger partial charge < -0.3 is 14.7 Å². The molecule has 0 amide bonds. The van der Waals surface area contributed by atoms with E-state index in [0.717, 1.165) is 5.82 Å². The molecule has 2 saturated heterocycles. The lowest BCUT2D eigenvalue weighted by Crippen LogP contribution is -2.49. The molecule has 4 rings (SSSR count). The summed E-state index contributed by atoms with van der Waals surface area (Å²) in [5, 5.41) is 15.3. The number of nitrogens with one attached hydrogen (secondary N) is 1. The highest BCUT2D eigenvalue weighted by Crippen LogP contribution is 2.48. The van der Waals surface area contributed by atoms with Crippen LogP contribution in [-0.2, 0) is 11.8 Å². The van der Waals surface area contributed by atoms with Crippen LogP contribution in [0.25, 0.3) is 0 Å². The molecular weight excluding hydrogens is 340 g/mol. The quantitative estimate of drug-likeness (QED) is 0.734. The van der Waals surface area contributed by atoms with Crippen LogP contribution in [0.2, 0.25) is 0 Å². The molecule has 26 heavy (non-hydrogen) atoms. The first-order valence-electron chi connectivity index (χ1n) is 8.59. The van der Waals surface area contributed by atoms with Crippen molar-refractivity contribution in [3.63, 3.8) is 0 Å². The average molecular weight is 362 g/mol. The number of aromatic nitrogens is 5. The molecular formula is C16H22N6O4. The van der Waals surface area contributed by atoms with Crippen molar-refractivity contribution in [2.45, 2.75) is 51.2 Å². The van der Waals surface area contributed by atoms with Crippen molar-refractivity contribution in [2.75, 3.05) is 11.4 Å². The van der Waals surface area contributed by atoms with Crippen LogP contribution >= 0.6 is 0 Å². The summed E-state index contributed by atoms with van der Waals surface area (Å²) >= 11 is 0. The van der Waals surface area contributed by atoms with Gasteiger partial charge in [-0.1, -0.05) is 6.92 Å². The molecule has 0 saturated carbocycles. The summed E-state index contributed by atoms with van der Waals surface area (Å²) in [5.41, 5.74) is -1.42. The second kappa shape index (κ2) is 5.52. The molecule has 1 unspecified atom stereocenters. The summed E-state index contributed by atoms with van der Waals surface area (Å²) in [6.45, 7) is 5.84. The summed E-state index contributed by atoms with van der Waals surface area (Å²) in [6.07, 6.45) is 0.491. The number of morpholine rings is 1. The molecule has 2 aromatic heterocycles. The van der Waals surface area contributed by atoms with Gasteiger partial charge in [0.25, 0.3) is 5.56 Å². The number of anilines is 1. The SMILES string of the molecule is CC[C@@]12CN(c3nc(C)n(C)n3)[C@@H](C(n3cc(C)c(=O)[nH]c3=O)O1)[C@@H]2O. The van der Waals surface area contributed by atoms with Crippen molar-refractivity contribution in [3.8, 4) is 0 Å². The van der Waals surface area contributed by atoms with Crippen LogP contribution in [0.1, 0.15) is 31.0 Å². The summed E-state index contributed by atoms with van der Waals surface area (Å²) in [6, 6.07) is -0.528. The molecule has 0 spiro atoms. The van der Waals surface area contributed by atoms with Crippen molar-refractivity contribution < 1.29 is 9.84 Å². The Hall–Kier alpha value is -2.46. The molecule has 10 nitrogen and oxygen atoms in total. The largest absolute Gasteiger partial charge is 0.388 e. The molecule has 2 aromatic rings. The van der Waals surface area contributed by atoms with Crippen molar-refractivity contribution >= 4 is 5.95 Å². The van der Waals surface area contributed by atoms with Gasteiger partial charge in [0.2, 0.25) is 5.95 Å². The number of fused-ring (bicyclic) bond motifs is 2. The van der Waals surface area contributed by atoms with E-state index in [9.17, 15) is 14.7 Å². The molecule has 10 heteroatoms. The maximum absolute atomic E-state index is 12.3. The molecule has 2 aliphatic heterocycles. The van der Waals surface area contributed by atoms with Crippen LogP contribution in [0.3, 0.4) is 0 Å². The fourth-order valence-electron chi connectivity index (χ4n) is 3.87. The minimum atomic E-state index is -0.814. The number of hydrogen-bond acceptors (Lipinski definition) is 7. The van der Waals surface area contributed by atoms with Gasteiger partial charge >= 0.3 is 5.69 Å².